The smallest absolute Gasteiger partial charge is 0.335 e. The van der Waals surface area contributed by atoms with Crippen molar-refractivity contribution >= 4 is 23.0 Å². The van der Waals surface area contributed by atoms with Gasteiger partial charge < -0.3 is 20.4 Å². The molecule has 1 aliphatic heterocycles. The standard InChI is InChI=1S/C15H14N2O3/c1-17-12-5-3-2-4-10(12)14(18)16-11-8-9(15(19)20)6-7-13(11)17/h2-8,14,16,18H,1H3,(H,19,20). The molecule has 2 aromatic carbocycles. The van der Waals surface area contributed by atoms with Crippen LogP contribution in [0, 0.1) is 0 Å². The molecule has 5 heteroatoms. The van der Waals surface area contributed by atoms with E-state index >= 15 is 0 Å². The van der Waals surface area contributed by atoms with E-state index in [2.05, 4.69) is 5.32 Å². The van der Waals surface area contributed by atoms with Gasteiger partial charge in [-0.05, 0) is 24.3 Å². The Bertz CT molecular complexity index is 685. The fourth-order valence-electron chi connectivity index (χ4n) is 2.46. The largest absolute Gasteiger partial charge is 0.478 e. The van der Waals surface area contributed by atoms with Gasteiger partial charge in [0.05, 0.1) is 16.9 Å². The molecule has 1 atom stereocenters. The molecule has 5 nitrogen and oxygen atoms in total. The third-order valence-corrected chi connectivity index (χ3v) is 3.49. The van der Waals surface area contributed by atoms with Crippen LogP contribution in [0.3, 0.4) is 0 Å². The first-order valence-corrected chi connectivity index (χ1v) is 6.22. The highest BCUT2D eigenvalue weighted by Gasteiger charge is 2.23. The highest BCUT2D eigenvalue weighted by atomic mass is 16.4. The fourth-order valence-corrected chi connectivity index (χ4v) is 2.46. The number of benzene rings is 2. The van der Waals surface area contributed by atoms with Crippen LogP contribution in [0.15, 0.2) is 42.5 Å². The van der Waals surface area contributed by atoms with Gasteiger partial charge in [-0.3, -0.25) is 0 Å². The monoisotopic (exact) mass is 270 g/mol. The lowest BCUT2D eigenvalue weighted by atomic mass is 10.1. The summed E-state index contributed by atoms with van der Waals surface area (Å²) in [4.78, 5) is 13.0. The summed E-state index contributed by atoms with van der Waals surface area (Å²) in [5.74, 6) is -0.992. The molecule has 0 saturated carbocycles. The van der Waals surface area contributed by atoms with Gasteiger partial charge in [-0.15, -0.1) is 0 Å². The molecule has 1 aliphatic rings. The van der Waals surface area contributed by atoms with Crippen LogP contribution in [0.5, 0.6) is 0 Å². The number of carbonyl (C=O) groups is 1. The van der Waals surface area contributed by atoms with Crippen molar-refractivity contribution in [1.82, 2.24) is 0 Å². The van der Waals surface area contributed by atoms with Gasteiger partial charge in [-0.1, -0.05) is 18.2 Å². The Hall–Kier alpha value is -2.53. The van der Waals surface area contributed by atoms with Crippen LogP contribution in [0.25, 0.3) is 0 Å². The first-order chi connectivity index (χ1) is 9.58. The van der Waals surface area contributed by atoms with E-state index in [0.717, 1.165) is 16.9 Å². The average Bonchev–Trinajstić information content (AvgIpc) is 2.55. The Labute approximate surface area is 116 Å². The van der Waals surface area contributed by atoms with E-state index in [0.29, 0.717) is 5.69 Å². The number of anilines is 3. The van der Waals surface area contributed by atoms with Crippen LogP contribution < -0.4 is 10.2 Å². The number of aliphatic hydroxyl groups is 1. The molecule has 0 bridgehead atoms. The van der Waals surface area contributed by atoms with Crippen LogP contribution in [0.1, 0.15) is 22.1 Å². The topological polar surface area (TPSA) is 72.8 Å². The lowest BCUT2D eigenvalue weighted by Gasteiger charge is -2.21. The zero-order valence-corrected chi connectivity index (χ0v) is 10.9. The molecule has 0 aromatic heterocycles. The maximum absolute atomic E-state index is 11.1. The molecule has 0 fully saturated rings. The quantitative estimate of drug-likeness (QED) is 0.742. The van der Waals surface area contributed by atoms with Gasteiger partial charge in [0, 0.05) is 18.3 Å². The summed E-state index contributed by atoms with van der Waals surface area (Å²) in [7, 11) is 1.89. The van der Waals surface area contributed by atoms with Crippen LogP contribution in [-0.2, 0) is 0 Å². The predicted molar refractivity (Wildman–Crippen MR) is 76.5 cm³/mol. The molecule has 20 heavy (non-hydrogen) atoms. The van der Waals surface area contributed by atoms with Crippen LogP contribution in [0.2, 0.25) is 0 Å². The minimum atomic E-state index is -0.992. The Morgan fingerprint density at radius 3 is 2.70 bits per heavy atom. The maximum Gasteiger partial charge on any atom is 0.335 e. The van der Waals surface area contributed by atoms with Gasteiger partial charge in [0.15, 0.2) is 6.23 Å². The van der Waals surface area contributed by atoms with Crippen molar-refractivity contribution in [2.24, 2.45) is 0 Å². The molecule has 0 saturated heterocycles. The van der Waals surface area contributed by atoms with Gasteiger partial charge in [0.2, 0.25) is 0 Å². The van der Waals surface area contributed by atoms with E-state index in [4.69, 9.17) is 5.11 Å². The van der Waals surface area contributed by atoms with Crippen molar-refractivity contribution in [3.8, 4) is 0 Å². The summed E-state index contributed by atoms with van der Waals surface area (Å²) < 4.78 is 0. The minimum Gasteiger partial charge on any atom is -0.478 e. The summed E-state index contributed by atoms with van der Waals surface area (Å²) in [5, 5.41) is 22.3. The van der Waals surface area contributed by atoms with Crippen molar-refractivity contribution in [3.05, 3.63) is 53.6 Å². The molecule has 3 N–H and O–H groups in total. The lowest BCUT2D eigenvalue weighted by Crippen LogP contribution is -2.11. The molecule has 1 heterocycles. The number of nitrogens with one attached hydrogen (secondary N) is 1. The zero-order chi connectivity index (χ0) is 14.3. The number of para-hydroxylation sites is 1. The van der Waals surface area contributed by atoms with Crippen LogP contribution in [0.4, 0.5) is 17.1 Å². The maximum atomic E-state index is 11.1. The van der Waals surface area contributed by atoms with E-state index in [1.54, 1.807) is 12.1 Å². The second-order valence-corrected chi connectivity index (χ2v) is 4.70. The molecule has 0 spiro atoms. The van der Waals surface area contributed by atoms with Crippen LogP contribution in [-0.4, -0.2) is 23.2 Å². The van der Waals surface area contributed by atoms with Crippen LogP contribution >= 0.6 is 0 Å². The molecule has 2 aromatic rings. The Morgan fingerprint density at radius 1 is 1.20 bits per heavy atom. The van der Waals surface area contributed by atoms with Gasteiger partial charge >= 0.3 is 5.97 Å². The fraction of sp³-hybridized carbons (Fsp3) is 0.133. The number of aliphatic hydroxyl groups excluding tert-OH is 1. The Kier molecular flexibility index (Phi) is 2.84. The zero-order valence-electron chi connectivity index (χ0n) is 10.9. The van der Waals surface area contributed by atoms with Crippen molar-refractivity contribution in [2.45, 2.75) is 6.23 Å². The summed E-state index contributed by atoms with van der Waals surface area (Å²) in [6.07, 6.45) is -0.876. The highest BCUT2D eigenvalue weighted by Crippen LogP contribution is 2.40. The number of nitrogens with zero attached hydrogens (tertiary/aromatic N) is 1. The van der Waals surface area contributed by atoms with Gasteiger partial charge in [0.25, 0.3) is 0 Å². The summed E-state index contributed by atoms with van der Waals surface area (Å²) in [5.41, 5.74) is 3.23. The number of carboxylic acid groups (broad SMARTS) is 1. The number of carboxylic acids is 1. The second-order valence-electron chi connectivity index (χ2n) is 4.70. The molecule has 0 radical (unpaired) electrons. The van der Waals surface area contributed by atoms with Gasteiger partial charge in [0.1, 0.15) is 0 Å². The molecular formula is C15H14N2O3. The van der Waals surface area contributed by atoms with E-state index < -0.39 is 12.2 Å². The average molecular weight is 270 g/mol. The predicted octanol–water partition coefficient (Wildman–Crippen LogP) is 2.57. The summed E-state index contributed by atoms with van der Waals surface area (Å²) in [6, 6.07) is 12.3. The van der Waals surface area contributed by atoms with E-state index in [1.807, 2.05) is 36.2 Å². The minimum absolute atomic E-state index is 0.183. The van der Waals surface area contributed by atoms with Crippen molar-refractivity contribution in [3.63, 3.8) is 0 Å². The SMILES string of the molecule is CN1c2ccc(C(=O)O)cc2NC(O)c2ccccc21. The molecule has 0 amide bonds. The van der Waals surface area contributed by atoms with Crippen molar-refractivity contribution in [2.75, 3.05) is 17.3 Å². The summed E-state index contributed by atoms with van der Waals surface area (Å²) >= 11 is 0. The van der Waals surface area contributed by atoms with E-state index in [1.165, 1.54) is 6.07 Å². The third-order valence-electron chi connectivity index (χ3n) is 3.49. The van der Waals surface area contributed by atoms with E-state index in [9.17, 15) is 9.90 Å². The Balaban J connectivity index is 2.17. The van der Waals surface area contributed by atoms with E-state index in [-0.39, 0.29) is 5.56 Å². The Morgan fingerprint density at radius 2 is 1.95 bits per heavy atom. The number of aromatic carboxylic acids is 1. The molecule has 1 unspecified atom stereocenters. The van der Waals surface area contributed by atoms with Crippen molar-refractivity contribution in [1.29, 1.82) is 0 Å². The first-order valence-electron chi connectivity index (χ1n) is 6.22. The lowest BCUT2D eigenvalue weighted by molar-refractivity contribution is 0.0697. The number of fused-ring (bicyclic) bond motifs is 2. The van der Waals surface area contributed by atoms with Crippen molar-refractivity contribution < 1.29 is 15.0 Å². The normalized spacial score (nSPS) is 16.7. The molecule has 0 aliphatic carbocycles. The first kappa shape index (κ1) is 12.5. The molecule has 102 valence electrons. The van der Waals surface area contributed by atoms with Gasteiger partial charge in [-0.2, -0.15) is 0 Å². The third kappa shape index (κ3) is 1.88. The molecule has 3 rings (SSSR count). The number of hydrogen-bond acceptors (Lipinski definition) is 4. The number of hydrogen-bond donors (Lipinski definition) is 3. The number of rotatable bonds is 1. The highest BCUT2D eigenvalue weighted by molar-refractivity contribution is 5.92. The summed E-state index contributed by atoms with van der Waals surface area (Å²) in [6.45, 7) is 0. The molecular weight excluding hydrogens is 256 g/mol. The second kappa shape index (κ2) is 4.54. The van der Waals surface area contributed by atoms with Gasteiger partial charge in [-0.25, -0.2) is 4.79 Å².